The van der Waals surface area contributed by atoms with Crippen LogP contribution in [0.15, 0.2) is 66.9 Å². The zero-order chi connectivity index (χ0) is 38.9. The number of halogens is 2. The second kappa shape index (κ2) is 15.0. The summed E-state index contributed by atoms with van der Waals surface area (Å²) >= 11 is 0. The zero-order valence-corrected chi connectivity index (χ0v) is 30.2. The summed E-state index contributed by atoms with van der Waals surface area (Å²) in [6, 6.07) is 13.8. The molecule has 1 aliphatic rings. The van der Waals surface area contributed by atoms with Crippen LogP contribution in [0.2, 0.25) is 0 Å². The third kappa shape index (κ3) is 7.87. The predicted molar refractivity (Wildman–Crippen MR) is 191 cm³/mol. The fourth-order valence-corrected chi connectivity index (χ4v) is 6.33. The number of rotatable bonds is 10. The van der Waals surface area contributed by atoms with Crippen LogP contribution < -0.4 is 10.6 Å². The molecule has 0 unspecified atom stereocenters. The number of ether oxygens (including phenoxy) is 2. The fourth-order valence-electron chi connectivity index (χ4n) is 6.33. The smallest absolute Gasteiger partial charge is 0.338 e. The summed E-state index contributed by atoms with van der Waals surface area (Å²) in [4.78, 5) is 70.2. The molecule has 0 bridgehead atoms. The fraction of sp³-hybridized carbons (Fsp3) is 0.275. The Labute approximate surface area is 308 Å². The predicted octanol–water partition coefficient (Wildman–Crippen LogP) is 5.83. The zero-order valence-electron chi connectivity index (χ0n) is 30.2. The topological polar surface area (TPSA) is 158 Å². The van der Waals surface area contributed by atoms with Gasteiger partial charge in [0.1, 0.15) is 17.0 Å². The van der Waals surface area contributed by atoms with Crippen LogP contribution in [-0.2, 0) is 28.9 Å². The molecule has 6 rings (SSSR count). The van der Waals surface area contributed by atoms with Crippen LogP contribution in [0.25, 0.3) is 5.65 Å². The quantitative estimate of drug-likeness (QED) is 0.133. The van der Waals surface area contributed by atoms with Crippen LogP contribution in [0.1, 0.15) is 113 Å². The Hall–Kier alpha value is -6.31. The summed E-state index contributed by atoms with van der Waals surface area (Å²) < 4.78 is 38.8. The first kappa shape index (κ1) is 37.4. The van der Waals surface area contributed by atoms with Gasteiger partial charge in [0.2, 0.25) is 0 Å². The van der Waals surface area contributed by atoms with E-state index in [0.29, 0.717) is 29.5 Å². The van der Waals surface area contributed by atoms with Crippen molar-refractivity contribution < 1.29 is 42.2 Å². The lowest BCUT2D eigenvalue weighted by Gasteiger charge is -2.21. The highest BCUT2D eigenvalue weighted by Crippen LogP contribution is 2.35. The minimum Gasteiger partial charge on any atom is -0.465 e. The minimum absolute atomic E-state index is 0.0351. The monoisotopic (exact) mass is 737 g/mol. The van der Waals surface area contributed by atoms with Gasteiger partial charge >= 0.3 is 11.9 Å². The third-order valence-electron chi connectivity index (χ3n) is 9.03. The molecule has 1 aliphatic carbocycles. The van der Waals surface area contributed by atoms with Gasteiger partial charge in [-0.1, -0.05) is 24.3 Å². The number of carbonyl (C=O) groups excluding carboxylic acids is 5. The van der Waals surface area contributed by atoms with E-state index < -0.39 is 52.8 Å². The number of hydrogen-bond acceptors (Lipinski definition) is 9. The summed E-state index contributed by atoms with van der Waals surface area (Å²) in [5.41, 5.74) is 3.13. The average Bonchev–Trinajstić information content (AvgIpc) is 3.75. The van der Waals surface area contributed by atoms with Gasteiger partial charge in [0.15, 0.2) is 23.1 Å². The van der Waals surface area contributed by atoms with Crippen LogP contribution in [0.4, 0.5) is 8.78 Å². The minimum atomic E-state index is -1.08. The Morgan fingerprint density at radius 2 is 1.61 bits per heavy atom. The first-order valence-electron chi connectivity index (χ1n) is 17.1. The Kier molecular flexibility index (Phi) is 10.4. The normalized spacial score (nSPS) is 13.6. The van der Waals surface area contributed by atoms with Crippen LogP contribution >= 0.6 is 0 Å². The van der Waals surface area contributed by atoms with Crippen molar-refractivity contribution in [3.63, 3.8) is 0 Å². The molecule has 3 aromatic carbocycles. The number of methoxy groups -OCH3 is 1. The second-order valence-corrected chi connectivity index (χ2v) is 13.9. The lowest BCUT2D eigenvalue weighted by atomic mass is 9.97. The van der Waals surface area contributed by atoms with Crippen molar-refractivity contribution in [1.29, 1.82) is 0 Å². The number of hydrogen-bond donors (Lipinski definition) is 2. The van der Waals surface area contributed by atoms with Gasteiger partial charge in [0, 0.05) is 19.0 Å². The molecule has 5 aromatic rings. The van der Waals surface area contributed by atoms with E-state index in [2.05, 4.69) is 20.7 Å². The Morgan fingerprint density at radius 1 is 0.889 bits per heavy atom. The van der Waals surface area contributed by atoms with Crippen molar-refractivity contribution in [1.82, 2.24) is 25.2 Å². The van der Waals surface area contributed by atoms with Crippen LogP contribution in [-0.4, -0.2) is 56.8 Å². The largest absolute Gasteiger partial charge is 0.465 e. The molecule has 2 N–H and O–H groups in total. The van der Waals surface area contributed by atoms with Gasteiger partial charge in [-0.05, 0) is 98.7 Å². The Morgan fingerprint density at radius 3 is 2.30 bits per heavy atom. The summed E-state index contributed by atoms with van der Waals surface area (Å²) in [6.07, 6.45) is 2.28. The van der Waals surface area contributed by atoms with E-state index in [1.807, 2.05) is 6.92 Å². The molecule has 1 atom stereocenters. The molecular weight excluding hydrogens is 700 g/mol. The molecule has 0 saturated carbocycles. The first-order chi connectivity index (χ1) is 25.6. The number of benzene rings is 3. The van der Waals surface area contributed by atoms with Crippen molar-refractivity contribution in [2.45, 2.75) is 65.1 Å². The molecule has 0 spiro atoms. The van der Waals surface area contributed by atoms with Crippen molar-refractivity contribution >= 4 is 35.2 Å². The SMILES string of the molecule is COC(=O)c1ccc(CC(=O)c2cnn3c(C(=O)N[C@H]4CCc5c4ccc(C(=O)OC(C)(C)C)c5C)cc(C(=O)NCc4ccc(F)c(F)c4)nc23)cc1. The second-order valence-electron chi connectivity index (χ2n) is 13.9. The maximum absolute atomic E-state index is 14.0. The lowest BCUT2D eigenvalue weighted by molar-refractivity contribution is 0.00680. The van der Waals surface area contributed by atoms with Gasteiger partial charge in [-0.2, -0.15) is 5.10 Å². The third-order valence-corrected chi connectivity index (χ3v) is 9.03. The molecule has 0 fully saturated rings. The summed E-state index contributed by atoms with van der Waals surface area (Å²) in [5, 5.41) is 9.92. The number of carbonyl (C=O) groups is 5. The molecule has 2 amide bonds. The molecule has 0 radical (unpaired) electrons. The molecule has 2 heterocycles. The molecule has 2 aromatic heterocycles. The van der Waals surface area contributed by atoms with Crippen molar-refractivity contribution in [3.05, 3.63) is 134 Å². The Balaban J connectivity index is 1.31. The highest BCUT2D eigenvalue weighted by molar-refractivity contribution is 6.05. The maximum Gasteiger partial charge on any atom is 0.338 e. The lowest BCUT2D eigenvalue weighted by Crippen LogP contribution is -2.31. The molecule has 0 saturated heterocycles. The highest BCUT2D eigenvalue weighted by Gasteiger charge is 2.31. The van der Waals surface area contributed by atoms with E-state index in [1.54, 1.807) is 45.0 Å². The van der Waals surface area contributed by atoms with Crippen LogP contribution in [0.3, 0.4) is 0 Å². The van der Waals surface area contributed by atoms with Gasteiger partial charge in [-0.3, -0.25) is 14.4 Å². The van der Waals surface area contributed by atoms with Crippen molar-refractivity contribution in [2.75, 3.05) is 7.11 Å². The molecule has 0 aliphatic heterocycles. The average molecular weight is 738 g/mol. The van der Waals surface area contributed by atoms with Gasteiger partial charge in [-0.25, -0.2) is 27.9 Å². The van der Waals surface area contributed by atoms with Crippen molar-refractivity contribution in [3.8, 4) is 0 Å². The van der Waals surface area contributed by atoms with Crippen LogP contribution in [0.5, 0.6) is 0 Å². The maximum atomic E-state index is 14.0. The molecule has 278 valence electrons. The molecular formula is C40H37F2N5O7. The highest BCUT2D eigenvalue weighted by atomic mass is 19.2. The van der Waals surface area contributed by atoms with E-state index in [0.717, 1.165) is 28.8 Å². The van der Waals surface area contributed by atoms with E-state index in [9.17, 15) is 32.8 Å². The van der Waals surface area contributed by atoms with E-state index in [4.69, 9.17) is 9.47 Å². The number of esters is 2. The molecule has 54 heavy (non-hydrogen) atoms. The number of ketones is 1. The molecule has 12 nitrogen and oxygen atoms in total. The molecule has 14 heteroatoms. The van der Waals surface area contributed by atoms with E-state index >= 15 is 0 Å². The number of amides is 2. The first-order valence-corrected chi connectivity index (χ1v) is 17.1. The van der Waals surface area contributed by atoms with Crippen LogP contribution in [0, 0.1) is 18.6 Å². The van der Waals surface area contributed by atoms with E-state index in [1.165, 1.54) is 42.1 Å². The number of aromatic nitrogens is 3. The summed E-state index contributed by atoms with van der Waals surface area (Å²) in [6.45, 7) is 7.04. The standard InChI is InChI=1S/C40H37F2N5O7/c1-21-25-13-15-31(27(25)12-11-26(21)39(52)54-40(2,3)4)46-37(50)33-18-32(36(49)43-19-23-8-14-29(41)30(42)16-23)45-35-28(20-44-47(33)35)34(48)17-22-6-9-24(10-7-22)38(51)53-5/h6-12,14,16,18,20,31H,13,15,17,19H2,1-5H3,(H,43,49)(H,46,50)/t31-/m0/s1. The number of nitrogens with one attached hydrogen (secondary N) is 2. The van der Waals surface area contributed by atoms with Gasteiger partial charge in [0.25, 0.3) is 11.8 Å². The summed E-state index contributed by atoms with van der Waals surface area (Å²) in [5.74, 6) is -4.85. The number of Topliss-reactive ketones (excluding diaryl/α,β-unsaturated/α-hetero) is 1. The number of fused-ring (bicyclic) bond motifs is 2. The van der Waals surface area contributed by atoms with E-state index in [-0.39, 0.29) is 41.1 Å². The van der Waals surface area contributed by atoms with Gasteiger partial charge in [-0.15, -0.1) is 0 Å². The number of nitrogens with zero attached hydrogens (tertiary/aromatic N) is 3. The summed E-state index contributed by atoms with van der Waals surface area (Å²) in [7, 11) is 1.26. The van der Waals surface area contributed by atoms with Crippen molar-refractivity contribution in [2.24, 2.45) is 0 Å². The van der Waals surface area contributed by atoms with Gasteiger partial charge < -0.3 is 20.1 Å². The Bertz CT molecular complexity index is 2330. The van der Waals surface area contributed by atoms with Gasteiger partial charge in [0.05, 0.1) is 36.0 Å².